The van der Waals surface area contributed by atoms with E-state index in [0.29, 0.717) is 22.7 Å². The predicted molar refractivity (Wildman–Crippen MR) is 97.0 cm³/mol. The summed E-state index contributed by atoms with van der Waals surface area (Å²) >= 11 is 6.16. The van der Waals surface area contributed by atoms with Crippen LogP contribution >= 0.6 is 11.6 Å². The molecule has 1 aliphatic carbocycles. The van der Waals surface area contributed by atoms with E-state index in [1.165, 1.54) is 7.11 Å². The summed E-state index contributed by atoms with van der Waals surface area (Å²) in [7, 11) is 1.35. The first-order valence-electron chi connectivity index (χ1n) is 8.29. The van der Waals surface area contributed by atoms with Crippen molar-refractivity contribution in [3.05, 3.63) is 58.4 Å². The fraction of sp³-hybridized carbons (Fsp3) is 0.400. The molecule has 0 fully saturated rings. The second kappa shape index (κ2) is 6.34. The third-order valence-electron chi connectivity index (χ3n) is 4.91. The van der Waals surface area contributed by atoms with Crippen molar-refractivity contribution in [3.63, 3.8) is 0 Å². The standard InChI is InChI=1S/C20H22ClNO3/c1-11-16(19(24)25-4)17(12-6-5-7-13(21)8-12)18-14(22-11)9-20(2,3)10-15(18)23/h5-8,16-17,22H,1,9-10H2,2-4H3. The Kier molecular flexibility index (Phi) is 4.50. The molecule has 1 N–H and O–H groups in total. The molecule has 25 heavy (non-hydrogen) atoms. The number of carbonyl (C=O) groups excluding carboxylic acids is 2. The molecule has 0 spiro atoms. The van der Waals surface area contributed by atoms with Crippen LogP contribution in [0.5, 0.6) is 0 Å². The van der Waals surface area contributed by atoms with E-state index in [9.17, 15) is 9.59 Å². The van der Waals surface area contributed by atoms with Gasteiger partial charge in [0.15, 0.2) is 5.78 Å². The number of nitrogens with one attached hydrogen (secondary N) is 1. The minimum atomic E-state index is -0.660. The quantitative estimate of drug-likeness (QED) is 0.812. The van der Waals surface area contributed by atoms with Crippen LogP contribution < -0.4 is 5.32 Å². The van der Waals surface area contributed by atoms with E-state index in [1.807, 2.05) is 12.1 Å². The summed E-state index contributed by atoms with van der Waals surface area (Å²) in [6, 6.07) is 7.30. The Labute approximate surface area is 152 Å². The number of ketones is 1. The molecule has 2 atom stereocenters. The summed E-state index contributed by atoms with van der Waals surface area (Å²) < 4.78 is 4.99. The fourth-order valence-corrected chi connectivity index (χ4v) is 4.11. The van der Waals surface area contributed by atoms with E-state index in [-0.39, 0.29) is 11.2 Å². The minimum absolute atomic E-state index is 0.0603. The van der Waals surface area contributed by atoms with Crippen LogP contribution in [0.4, 0.5) is 0 Å². The number of ether oxygens (including phenoxy) is 1. The summed E-state index contributed by atoms with van der Waals surface area (Å²) in [6.07, 6.45) is 1.18. The van der Waals surface area contributed by atoms with Gasteiger partial charge in [0, 0.05) is 34.3 Å². The van der Waals surface area contributed by atoms with Crippen LogP contribution in [0, 0.1) is 11.3 Å². The molecule has 3 rings (SSSR count). The molecule has 1 heterocycles. The Balaban J connectivity index is 2.20. The highest BCUT2D eigenvalue weighted by atomic mass is 35.5. The topological polar surface area (TPSA) is 55.4 Å². The molecule has 2 unspecified atom stereocenters. The van der Waals surface area contributed by atoms with Gasteiger partial charge in [0.1, 0.15) is 5.92 Å². The Morgan fingerprint density at radius 1 is 1.36 bits per heavy atom. The normalized spacial score (nSPS) is 25.3. The molecular weight excluding hydrogens is 338 g/mol. The molecule has 1 aliphatic heterocycles. The van der Waals surface area contributed by atoms with Crippen LogP contribution in [-0.2, 0) is 14.3 Å². The van der Waals surface area contributed by atoms with Crippen molar-refractivity contribution >= 4 is 23.4 Å². The van der Waals surface area contributed by atoms with Crippen LogP contribution in [0.25, 0.3) is 0 Å². The molecule has 0 amide bonds. The molecule has 5 heteroatoms. The first-order valence-corrected chi connectivity index (χ1v) is 8.66. The highest BCUT2D eigenvalue weighted by molar-refractivity contribution is 6.30. The van der Waals surface area contributed by atoms with Crippen LogP contribution in [0.1, 0.15) is 38.2 Å². The van der Waals surface area contributed by atoms with Gasteiger partial charge in [-0.1, -0.05) is 44.2 Å². The van der Waals surface area contributed by atoms with Crippen molar-refractivity contribution in [1.82, 2.24) is 5.32 Å². The summed E-state index contributed by atoms with van der Waals surface area (Å²) in [6.45, 7) is 8.17. The maximum atomic E-state index is 13.0. The van der Waals surface area contributed by atoms with Gasteiger partial charge in [-0.2, -0.15) is 0 Å². The number of allylic oxidation sites excluding steroid dienone is 2. The largest absolute Gasteiger partial charge is 0.468 e. The molecule has 2 aliphatic rings. The molecule has 0 aromatic heterocycles. The predicted octanol–water partition coefficient (Wildman–Crippen LogP) is 3.97. The Morgan fingerprint density at radius 3 is 2.72 bits per heavy atom. The first-order chi connectivity index (χ1) is 11.7. The van der Waals surface area contributed by atoms with Gasteiger partial charge in [0.25, 0.3) is 0 Å². The molecule has 1 aromatic carbocycles. The number of methoxy groups -OCH3 is 1. The number of benzene rings is 1. The lowest BCUT2D eigenvalue weighted by Gasteiger charge is -2.42. The van der Waals surface area contributed by atoms with Gasteiger partial charge in [0.2, 0.25) is 0 Å². The van der Waals surface area contributed by atoms with Crippen LogP contribution in [0.2, 0.25) is 5.02 Å². The van der Waals surface area contributed by atoms with Crippen molar-refractivity contribution in [2.75, 3.05) is 7.11 Å². The number of rotatable bonds is 2. The van der Waals surface area contributed by atoms with Gasteiger partial charge in [-0.05, 0) is 29.5 Å². The van der Waals surface area contributed by atoms with E-state index in [0.717, 1.165) is 17.7 Å². The lowest BCUT2D eigenvalue weighted by molar-refractivity contribution is -0.144. The second-order valence-electron chi connectivity index (χ2n) is 7.52. The number of Topliss-reactive ketones (excluding diaryl/α,β-unsaturated/α-hetero) is 1. The Bertz CT molecular complexity index is 794. The zero-order chi connectivity index (χ0) is 18.4. The van der Waals surface area contributed by atoms with Gasteiger partial charge in [-0.3, -0.25) is 9.59 Å². The number of carbonyl (C=O) groups is 2. The summed E-state index contributed by atoms with van der Waals surface area (Å²) in [4.78, 5) is 25.4. The van der Waals surface area contributed by atoms with Gasteiger partial charge in [-0.25, -0.2) is 0 Å². The maximum Gasteiger partial charge on any atom is 0.315 e. The number of hydrogen-bond acceptors (Lipinski definition) is 4. The smallest absolute Gasteiger partial charge is 0.315 e. The molecule has 0 saturated carbocycles. The van der Waals surface area contributed by atoms with Crippen LogP contribution in [0.15, 0.2) is 47.8 Å². The second-order valence-corrected chi connectivity index (χ2v) is 7.95. The molecular formula is C20H22ClNO3. The molecule has 132 valence electrons. The number of halogens is 1. The van der Waals surface area contributed by atoms with Gasteiger partial charge >= 0.3 is 5.97 Å². The van der Waals surface area contributed by atoms with Crippen molar-refractivity contribution in [2.45, 2.75) is 32.6 Å². The molecule has 0 saturated heterocycles. The SMILES string of the molecule is C=C1NC2=C(C(=O)CC(C)(C)C2)C(c2cccc(Cl)c2)C1C(=O)OC. The van der Waals surface area contributed by atoms with E-state index < -0.39 is 17.8 Å². The molecule has 1 aromatic rings. The van der Waals surface area contributed by atoms with Gasteiger partial charge in [0.05, 0.1) is 7.11 Å². The summed E-state index contributed by atoms with van der Waals surface area (Å²) in [5.41, 5.74) is 2.77. The van der Waals surface area contributed by atoms with Crippen LogP contribution in [-0.4, -0.2) is 18.9 Å². The highest BCUT2D eigenvalue weighted by Crippen LogP contribution is 2.48. The summed E-state index contributed by atoms with van der Waals surface area (Å²) in [5, 5.41) is 3.78. The van der Waals surface area contributed by atoms with E-state index in [4.69, 9.17) is 16.3 Å². The number of hydrogen-bond donors (Lipinski definition) is 1. The molecule has 0 bridgehead atoms. The highest BCUT2D eigenvalue weighted by Gasteiger charge is 2.46. The van der Waals surface area contributed by atoms with Gasteiger partial charge < -0.3 is 10.1 Å². The van der Waals surface area contributed by atoms with Crippen molar-refractivity contribution in [1.29, 1.82) is 0 Å². The average molecular weight is 360 g/mol. The lowest BCUT2D eigenvalue weighted by atomic mass is 9.66. The van der Waals surface area contributed by atoms with Crippen molar-refractivity contribution in [3.8, 4) is 0 Å². The Morgan fingerprint density at radius 2 is 2.08 bits per heavy atom. The number of esters is 1. The third-order valence-corrected chi connectivity index (χ3v) is 5.15. The zero-order valence-corrected chi connectivity index (χ0v) is 15.4. The average Bonchev–Trinajstić information content (AvgIpc) is 2.51. The molecule has 0 radical (unpaired) electrons. The van der Waals surface area contributed by atoms with Crippen molar-refractivity contribution in [2.24, 2.45) is 11.3 Å². The maximum absolute atomic E-state index is 13.0. The summed E-state index contributed by atoms with van der Waals surface area (Å²) in [5.74, 6) is -1.44. The van der Waals surface area contributed by atoms with E-state index in [1.54, 1.807) is 12.1 Å². The van der Waals surface area contributed by atoms with E-state index in [2.05, 4.69) is 25.7 Å². The Hall–Kier alpha value is -2.07. The minimum Gasteiger partial charge on any atom is -0.468 e. The first kappa shape index (κ1) is 17.7. The van der Waals surface area contributed by atoms with E-state index >= 15 is 0 Å². The molecule has 4 nitrogen and oxygen atoms in total. The van der Waals surface area contributed by atoms with Crippen molar-refractivity contribution < 1.29 is 14.3 Å². The van der Waals surface area contributed by atoms with Gasteiger partial charge in [-0.15, -0.1) is 0 Å². The van der Waals surface area contributed by atoms with Crippen LogP contribution in [0.3, 0.4) is 0 Å². The lowest BCUT2D eigenvalue weighted by Crippen LogP contribution is -2.43. The fourth-order valence-electron chi connectivity index (χ4n) is 3.91. The zero-order valence-electron chi connectivity index (χ0n) is 14.7. The third kappa shape index (κ3) is 3.23. The monoisotopic (exact) mass is 359 g/mol.